The Morgan fingerprint density at radius 3 is 1.08 bits per heavy atom. The van der Waals surface area contributed by atoms with Crippen LogP contribution in [0.25, 0.3) is 0 Å². The van der Waals surface area contributed by atoms with Gasteiger partial charge in [0.25, 0.3) is 0 Å². The van der Waals surface area contributed by atoms with E-state index in [1.807, 2.05) is 6.08 Å². The van der Waals surface area contributed by atoms with E-state index in [2.05, 4.69) is 43.5 Å². The Labute approximate surface area is 411 Å². The van der Waals surface area contributed by atoms with E-state index in [0.717, 1.165) is 64.2 Å². The molecule has 0 spiro atoms. The van der Waals surface area contributed by atoms with Crippen molar-refractivity contribution in [3.8, 4) is 0 Å². The first-order valence-corrected chi connectivity index (χ1v) is 29.3. The number of nitrogens with one attached hydrogen (secondary N) is 1. The first-order valence-electron chi connectivity index (χ1n) is 29.3. The standard InChI is InChI=1S/C60H113NO5/c1-3-5-7-9-11-13-15-17-19-20-21-25-28-32-36-40-44-48-52-58(63)57(56-62)61-59(64)53-49-45-41-37-33-29-26-22-23-27-31-35-39-43-47-51-55-66-60(65)54-50-46-42-38-34-30-24-18-16-14-12-10-8-6-4-2/h18,22,24,26,48,52,57-58,62-63H,3-17,19-21,23,25,27-47,49-51,53-56H2,1-2H3,(H,61,64)/b24-18-,26-22-,52-48+. The van der Waals surface area contributed by atoms with Gasteiger partial charge in [0.1, 0.15) is 0 Å². The number of carbonyl (C=O) groups is 2. The molecule has 0 aliphatic heterocycles. The molecular weight excluding hydrogens is 815 g/mol. The fourth-order valence-electron chi connectivity index (χ4n) is 8.86. The number of ether oxygens (including phenoxy) is 1. The Morgan fingerprint density at radius 2 is 0.712 bits per heavy atom. The van der Waals surface area contributed by atoms with Crippen LogP contribution < -0.4 is 5.32 Å². The Balaban J connectivity index is 3.50. The van der Waals surface area contributed by atoms with E-state index in [9.17, 15) is 19.8 Å². The summed E-state index contributed by atoms with van der Waals surface area (Å²) in [7, 11) is 0. The molecule has 2 unspecified atom stereocenters. The van der Waals surface area contributed by atoms with Crippen LogP contribution in [0.1, 0.15) is 309 Å². The van der Waals surface area contributed by atoms with Gasteiger partial charge in [0.15, 0.2) is 0 Å². The van der Waals surface area contributed by atoms with Crippen LogP contribution in [0.4, 0.5) is 0 Å². The predicted octanol–water partition coefficient (Wildman–Crippen LogP) is 18.0. The third kappa shape index (κ3) is 51.5. The number of hydrogen-bond acceptors (Lipinski definition) is 5. The zero-order valence-corrected chi connectivity index (χ0v) is 44.2. The van der Waals surface area contributed by atoms with E-state index in [1.165, 1.54) is 218 Å². The van der Waals surface area contributed by atoms with Crippen molar-refractivity contribution in [1.29, 1.82) is 0 Å². The van der Waals surface area contributed by atoms with Gasteiger partial charge in [-0.3, -0.25) is 9.59 Å². The monoisotopic (exact) mass is 928 g/mol. The van der Waals surface area contributed by atoms with E-state index in [-0.39, 0.29) is 18.5 Å². The largest absolute Gasteiger partial charge is 0.466 e. The van der Waals surface area contributed by atoms with Crippen LogP contribution in [0.3, 0.4) is 0 Å². The van der Waals surface area contributed by atoms with Crippen molar-refractivity contribution in [3.05, 3.63) is 36.5 Å². The van der Waals surface area contributed by atoms with E-state index < -0.39 is 12.1 Å². The molecule has 0 radical (unpaired) electrons. The van der Waals surface area contributed by atoms with Crippen LogP contribution in [-0.4, -0.2) is 47.4 Å². The summed E-state index contributed by atoms with van der Waals surface area (Å²) < 4.78 is 5.47. The highest BCUT2D eigenvalue weighted by molar-refractivity contribution is 5.76. The number of aliphatic hydroxyl groups excluding tert-OH is 2. The first-order chi connectivity index (χ1) is 32.5. The maximum Gasteiger partial charge on any atom is 0.305 e. The maximum atomic E-state index is 12.5. The molecular formula is C60H113NO5. The molecule has 3 N–H and O–H groups in total. The number of esters is 1. The maximum absolute atomic E-state index is 12.5. The second-order valence-corrected chi connectivity index (χ2v) is 20.0. The topological polar surface area (TPSA) is 95.9 Å². The second kappa shape index (κ2) is 55.7. The number of rotatable bonds is 54. The van der Waals surface area contributed by atoms with Gasteiger partial charge in [0.2, 0.25) is 5.91 Å². The van der Waals surface area contributed by atoms with Crippen LogP contribution >= 0.6 is 0 Å². The molecule has 0 saturated heterocycles. The Morgan fingerprint density at radius 1 is 0.409 bits per heavy atom. The lowest BCUT2D eigenvalue weighted by Gasteiger charge is -2.20. The molecule has 0 bridgehead atoms. The van der Waals surface area contributed by atoms with Crippen LogP contribution in [-0.2, 0) is 14.3 Å². The van der Waals surface area contributed by atoms with Crippen molar-refractivity contribution >= 4 is 11.9 Å². The highest BCUT2D eigenvalue weighted by atomic mass is 16.5. The first kappa shape index (κ1) is 64.1. The molecule has 0 rings (SSSR count). The molecule has 66 heavy (non-hydrogen) atoms. The van der Waals surface area contributed by atoms with Gasteiger partial charge in [-0.1, -0.05) is 249 Å². The van der Waals surface area contributed by atoms with Crippen molar-refractivity contribution in [2.75, 3.05) is 13.2 Å². The minimum Gasteiger partial charge on any atom is -0.466 e. The van der Waals surface area contributed by atoms with Crippen molar-refractivity contribution < 1.29 is 24.5 Å². The third-order valence-electron chi connectivity index (χ3n) is 13.4. The second-order valence-electron chi connectivity index (χ2n) is 20.0. The molecule has 0 aliphatic rings. The highest BCUT2D eigenvalue weighted by Gasteiger charge is 2.18. The lowest BCUT2D eigenvalue weighted by Crippen LogP contribution is -2.45. The summed E-state index contributed by atoms with van der Waals surface area (Å²) in [6, 6.07) is -0.641. The molecule has 1 amide bonds. The summed E-state index contributed by atoms with van der Waals surface area (Å²) in [5, 5.41) is 23.1. The summed E-state index contributed by atoms with van der Waals surface area (Å²) in [5.74, 6) is -0.0958. The summed E-state index contributed by atoms with van der Waals surface area (Å²) in [4.78, 5) is 24.5. The zero-order valence-electron chi connectivity index (χ0n) is 44.2. The molecule has 6 nitrogen and oxygen atoms in total. The fourth-order valence-corrected chi connectivity index (χ4v) is 8.86. The summed E-state index contributed by atoms with van der Waals surface area (Å²) >= 11 is 0. The molecule has 6 heteroatoms. The van der Waals surface area contributed by atoms with Gasteiger partial charge < -0.3 is 20.3 Å². The summed E-state index contributed by atoms with van der Waals surface area (Å²) in [6.45, 7) is 4.88. The van der Waals surface area contributed by atoms with Gasteiger partial charge in [0.05, 0.1) is 25.4 Å². The third-order valence-corrected chi connectivity index (χ3v) is 13.4. The molecule has 0 fully saturated rings. The molecule has 2 atom stereocenters. The van der Waals surface area contributed by atoms with E-state index >= 15 is 0 Å². The van der Waals surface area contributed by atoms with Crippen molar-refractivity contribution in [2.24, 2.45) is 0 Å². The van der Waals surface area contributed by atoms with Crippen molar-refractivity contribution in [3.63, 3.8) is 0 Å². The zero-order chi connectivity index (χ0) is 47.9. The van der Waals surface area contributed by atoms with Crippen LogP contribution in [0.2, 0.25) is 0 Å². The molecule has 0 aromatic heterocycles. The number of amides is 1. The summed E-state index contributed by atoms with van der Waals surface area (Å²) in [6.07, 6.45) is 68.8. The Kier molecular flexibility index (Phi) is 54.1. The Bertz CT molecular complexity index is 1070. The van der Waals surface area contributed by atoms with E-state index in [0.29, 0.717) is 19.4 Å². The average molecular weight is 929 g/mol. The lowest BCUT2D eigenvalue weighted by molar-refractivity contribution is -0.143. The van der Waals surface area contributed by atoms with E-state index in [4.69, 9.17) is 4.74 Å². The number of carbonyl (C=O) groups excluding carboxylic acids is 2. The van der Waals surface area contributed by atoms with Crippen LogP contribution in [0.5, 0.6) is 0 Å². The van der Waals surface area contributed by atoms with Crippen LogP contribution in [0, 0.1) is 0 Å². The number of unbranched alkanes of at least 4 members (excludes halogenated alkanes) is 39. The van der Waals surface area contributed by atoms with Crippen molar-refractivity contribution in [2.45, 2.75) is 321 Å². The fraction of sp³-hybridized carbons (Fsp3) is 0.867. The van der Waals surface area contributed by atoms with Gasteiger partial charge in [-0.25, -0.2) is 0 Å². The SMILES string of the molecule is CCCCCCCC/C=C\CCCCCCCC(=O)OCCCCCCCCC/C=C\CCCCCCCC(=O)NC(CO)C(O)/C=C/CCCCCCCCCCCCCCCCCC. The quantitative estimate of drug-likeness (QED) is 0.0321. The van der Waals surface area contributed by atoms with Gasteiger partial charge in [-0.05, 0) is 83.5 Å². The number of allylic oxidation sites excluding steroid dienone is 5. The van der Waals surface area contributed by atoms with Gasteiger partial charge >= 0.3 is 5.97 Å². The van der Waals surface area contributed by atoms with Crippen LogP contribution in [0.15, 0.2) is 36.5 Å². The summed E-state index contributed by atoms with van der Waals surface area (Å²) in [5.41, 5.74) is 0. The highest BCUT2D eigenvalue weighted by Crippen LogP contribution is 2.16. The molecule has 0 heterocycles. The smallest absolute Gasteiger partial charge is 0.305 e. The van der Waals surface area contributed by atoms with Gasteiger partial charge in [-0.2, -0.15) is 0 Å². The molecule has 0 aliphatic carbocycles. The Hall–Kier alpha value is -1.92. The molecule has 0 aromatic rings. The van der Waals surface area contributed by atoms with Gasteiger partial charge in [-0.15, -0.1) is 0 Å². The predicted molar refractivity (Wildman–Crippen MR) is 287 cm³/mol. The van der Waals surface area contributed by atoms with Crippen molar-refractivity contribution in [1.82, 2.24) is 5.32 Å². The molecule has 0 aromatic carbocycles. The lowest BCUT2D eigenvalue weighted by atomic mass is 10.0. The normalized spacial score (nSPS) is 12.8. The molecule has 388 valence electrons. The van der Waals surface area contributed by atoms with Gasteiger partial charge in [0, 0.05) is 12.8 Å². The molecule has 0 saturated carbocycles. The minimum absolute atomic E-state index is 0.0118. The number of aliphatic hydroxyl groups is 2. The van der Waals surface area contributed by atoms with E-state index in [1.54, 1.807) is 6.08 Å². The number of hydrogen-bond donors (Lipinski definition) is 3. The minimum atomic E-state index is -0.856. The average Bonchev–Trinajstić information content (AvgIpc) is 3.32.